The van der Waals surface area contributed by atoms with Crippen molar-refractivity contribution in [1.29, 1.82) is 0 Å². The molecular formula is C13H15N3OS. The highest BCUT2D eigenvalue weighted by Gasteiger charge is 2.09. The number of nitrogens with two attached hydrogens (primary N) is 2. The molecule has 1 aromatic heterocycles. The summed E-state index contributed by atoms with van der Waals surface area (Å²) in [6, 6.07) is 7.30. The van der Waals surface area contributed by atoms with Crippen LogP contribution in [0.3, 0.4) is 0 Å². The number of amides is 1. The van der Waals surface area contributed by atoms with Crippen molar-refractivity contribution in [3.8, 4) is 0 Å². The zero-order valence-electron chi connectivity index (χ0n) is 10.1. The first kappa shape index (κ1) is 12.4. The number of nitrogen functional groups attached to an aromatic ring is 1. The molecule has 5 N–H and O–H groups in total. The standard InChI is InChI=1S/C13H15N3OS/c1-8-5-6-18-11(8)7-16-10-4-2-3-9(12(10)14)13(15)17/h2-6,16H,7,14H2,1H3,(H2,15,17). The quantitative estimate of drug-likeness (QED) is 0.739. The van der Waals surface area contributed by atoms with Crippen molar-refractivity contribution >= 4 is 28.6 Å². The molecule has 0 aliphatic heterocycles. The monoisotopic (exact) mass is 261 g/mol. The lowest BCUT2D eigenvalue weighted by Crippen LogP contribution is -2.14. The predicted octanol–water partition coefficient (Wildman–Crippen LogP) is 2.35. The second-order valence-electron chi connectivity index (χ2n) is 4.01. The van der Waals surface area contributed by atoms with E-state index in [2.05, 4.69) is 23.7 Å². The van der Waals surface area contributed by atoms with Crippen LogP contribution in [0.4, 0.5) is 11.4 Å². The molecule has 0 fully saturated rings. The molecule has 0 aliphatic carbocycles. The van der Waals surface area contributed by atoms with E-state index in [9.17, 15) is 4.79 Å². The molecule has 0 spiro atoms. The van der Waals surface area contributed by atoms with Gasteiger partial charge in [-0.05, 0) is 36.1 Å². The summed E-state index contributed by atoms with van der Waals surface area (Å²) in [5.74, 6) is -0.511. The number of carbonyl (C=O) groups excluding carboxylic acids is 1. The minimum Gasteiger partial charge on any atom is -0.396 e. The average molecular weight is 261 g/mol. The molecule has 0 saturated heterocycles. The van der Waals surface area contributed by atoms with Gasteiger partial charge in [-0.15, -0.1) is 11.3 Å². The third-order valence-corrected chi connectivity index (χ3v) is 3.80. The summed E-state index contributed by atoms with van der Waals surface area (Å²) in [6.07, 6.45) is 0. The van der Waals surface area contributed by atoms with Crippen molar-refractivity contribution in [3.63, 3.8) is 0 Å². The normalized spacial score (nSPS) is 10.3. The number of anilines is 2. The summed E-state index contributed by atoms with van der Waals surface area (Å²) in [7, 11) is 0. The SMILES string of the molecule is Cc1ccsc1CNc1cccc(C(N)=O)c1N. The Kier molecular flexibility index (Phi) is 3.53. The number of thiophene rings is 1. The third kappa shape index (κ3) is 2.46. The molecule has 0 radical (unpaired) electrons. The van der Waals surface area contributed by atoms with Crippen molar-refractivity contribution in [2.75, 3.05) is 11.1 Å². The van der Waals surface area contributed by atoms with Crippen molar-refractivity contribution in [1.82, 2.24) is 0 Å². The molecule has 1 amide bonds. The Morgan fingerprint density at radius 3 is 2.78 bits per heavy atom. The lowest BCUT2D eigenvalue weighted by Gasteiger charge is -2.11. The summed E-state index contributed by atoms with van der Waals surface area (Å²) < 4.78 is 0. The third-order valence-electron chi connectivity index (χ3n) is 2.78. The second kappa shape index (κ2) is 5.10. The highest BCUT2D eigenvalue weighted by molar-refractivity contribution is 7.10. The largest absolute Gasteiger partial charge is 0.396 e. The Labute approximate surface area is 110 Å². The molecule has 5 heteroatoms. The second-order valence-corrected chi connectivity index (χ2v) is 5.01. The van der Waals surface area contributed by atoms with Gasteiger partial charge in [0.15, 0.2) is 0 Å². The maximum atomic E-state index is 11.2. The average Bonchev–Trinajstić information content (AvgIpc) is 2.73. The minimum absolute atomic E-state index is 0.350. The van der Waals surface area contributed by atoms with Gasteiger partial charge in [0.2, 0.25) is 0 Å². The van der Waals surface area contributed by atoms with Gasteiger partial charge in [0.25, 0.3) is 5.91 Å². The van der Waals surface area contributed by atoms with Gasteiger partial charge in [0.1, 0.15) is 0 Å². The molecule has 0 unspecified atom stereocenters. The first-order chi connectivity index (χ1) is 8.59. The van der Waals surface area contributed by atoms with Gasteiger partial charge >= 0.3 is 0 Å². The zero-order chi connectivity index (χ0) is 13.1. The van der Waals surface area contributed by atoms with Crippen molar-refractivity contribution < 1.29 is 4.79 Å². The van der Waals surface area contributed by atoms with Crippen molar-refractivity contribution in [3.05, 3.63) is 45.6 Å². The Bertz CT molecular complexity index is 577. The van der Waals surface area contributed by atoms with Crippen molar-refractivity contribution in [2.24, 2.45) is 5.73 Å². The maximum absolute atomic E-state index is 11.2. The molecule has 0 aliphatic rings. The van der Waals surface area contributed by atoms with Crippen LogP contribution in [0.2, 0.25) is 0 Å². The fourth-order valence-electron chi connectivity index (χ4n) is 1.69. The highest BCUT2D eigenvalue weighted by Crippen LogP contribution is 2.24. The van der Waals surface area contributed by atoms with Crippen LogP contribution in [-0.2, 0) is 6.54 Å². The summed E-state index contributed by atoms with van der Waals surface area (Å²) >= 11 is 1.69. The van der Waals surface area contributed by atoms with Crippen LogP contribution >= 0.6 is 11.3 Å². The van der Waals surface area contributed by atoms with E-state index in [-0.39, 0.29) is 0 Å². The van der Waals surface area contributed by atoms with Crippen LogP contribution in [0.25, 0.3) is 0 Å². The predicted molar refractivity (Wildman–Crippen MR) is 75.8 cm³/mol. The molecule has 1 heterocycles. The van der Waals surface area contributed by atoms with E-state index in [1.54, 1.807) is 23.5 Å². The molecule has 2 aromatic rings. The Morgan fingerprint density at radius 2 is 2.17 bits per heavy atom. The number of carbonyl (C=O) groups is 1. The Balaban J connectivity index is 2.17. The smallest absolute Gasteiger partial charge is 0.250 e. The molecule has 1 aromatic carbocycles. The number of hydrogen-bond acceptors (Lipinski definition) is 4. The molecule has 0 bridgehead atoms. The first-order valence-corrected chi connectivity index (χ1v) is 6.42. The van der Waals surface area contributed by atoms with Crippen LogP contribution in [-0.4, -0.2) is 5.91 Å². The van der Waals surface area contributed by atoms with E-state index in [1.807, 2.05) is 6.07 Å². The van der Waals surface area contributed by atoms with Gasteiger partial charge in [-0.2, -0.15) is 0 Å². The van der Waals surface area contributed by atoms with Gasteiger partial charge in [-0.3, -0.25) is 4.79 Å². The van der Waals surface area contributed by atoms with Crippen molar-refractivity contribution in [2.45, 2.75) is 13.5 Å². The van der Waals surface area contributed by atoms with E-state index >= 15 is 0 Å². The summed E-state index contributed by atoms with van der Waals surface area (Å²) in [6.45, 7) is 2.76. The highest BCUT2D eigenvalue weighted by atomic mass is 32.1. The number of rotatable bonds is 4. The number of aryl methyl sites for hydroxylation is 1. The Hall–Kier alpha value is -2.01. The molecule has 0 saturated carbocycles. The number of benzene rings is 1. The summed E-state index contributed by atoms with van der Waals surface area (Å²) in [5, 5.41) is 5.28. The van der Waals surface area contributed by atoms with Crippen LogP contribution in [0.15, 0.2) is 29.6 Å². The summed E-state index contributed by atoms with van der Waals surface area (Å²) in [4.78, 5) is 12.4. The van der Waals surface area contributed by atoms with E-state index in [1.165, 1.54) is 10.4 Å². The zero-order valence-corrected chi connectivity index (χ0v) is 10.9. The first-order valence-electron chi connectivity index (χ1n) is 5.54. The lowest BCUT2D eigenvalue weighted by molar-refractivity contribution is 0.100. The molecular weight excluding hydrogens is 246 g/mol. The lowest BCUT2D eigenvalue weighted by atomic mass is 10.1. The van der Waals surface area contributed by atoms with Gasteiger partial charge < -0.3 is 16.8 Å². The number of hydrogen-bond donors (Lipinski definition) is 3. The van der Waals surface area contributed by atoms with E-state index in [0.717, 1.165) is 5.69 Å². The van der Waals surface area contributed by atoms with Crippen LogP contribution in [0, 0.1) is 6.92 Å². The van der Waals surface area contributed by atoms with Gasteiger partial charge in [-0.1, -0.05) is 6.07 Å². The molecule has 94 valence electrons. The number of nitrogens with one attached hydrogen (secondary N) is 1. The summed E-state index contributed by atoms with van der Waals surface area (Å²) in [5.41, 5.74) is 13.9. The van der Waals surface area contributed by atoms with Gasteiger partial charge in [0.05, 0.1) is 16.9 Å². The maximum Gasteiger partial charge on any atom is 0.250 e. The topological polar surface area (TPSA) is 81.1 Å². The molecule has 0 atom stereocenters. The van der Waals surface area contributed by atoms with Gasteiger partial charge in [-0.25, -0.2) is 0 Å². The van der Waals surface area contributed by atoms with Crippen LogP contribution < -0.4 is 16.8 Å². The number of para-hydroxylation sites is 1. The van der Waals surface area contributed by atoms with Crippen LogP contribution in [0.1, 0.15) is 20.8 Å². The van der Waals surface area contributed by atoms with Gasteiger partial charge in [0, 0.05) is 11.4 Å². The fourth-order valence-corrected chi connectivity index (χ4v) is 2.54. The fraction of sp³-hybridized carbons (Fsp3) is 0.154. The molecule has 18 heavy (non-hydrogen) atoms. The minimum atomic E-state index is -0.511. The van der Waals surface area contributed by atoms with E-state index < -0.39 is 5.91 Å². The Morgan fingerprint density at radius 1 is 1.39 bits per heavy atom. The molecule has 4 nitrogen and oxygen atoms in total. The number of primary amides is 1. The van der Waals surface area contributed by atoms with E-state index in [0.29, 0.717) is 17.8 Å². The van der Waals surface area contributed by atoms with E-state index in [4.69, 9.17) is 11.5 Å². The molecule has 2 rings (SSSR count). The van der Waals surface area contributed by atoms with Crippen LogP contribution in [0.5, 0.6) is 0 Å².